The molecule has 0 heterocycles. The van der Waals surface area contributed by atoms with Gasteiger partial charge >= 0.3 is 11.9 Å². The molecule has 2 aromatic rings. The molecule has 0 aromatic heterocycles. The third kappa shape index (κ3) is 3.79. The molecule has 0 amide bonds. The number of hydrogen-bond acceptors (Lipinski definition) is 3. The number of aryl methyl sites for hydroxylation is 2. The molecule has 25 heavy (non-hydrogen) atoms. The maximum Gasteiger partial charge on any atom is 0.337 e. The molecule has 0 atom stereocenters. The number of esters is 1. The van der Waals surface area contributed by atoms with Crippen LogP contribution >= 0.6 is 0 Å². The monoisotopic (exact) mass is 336 g/mol. The van der Waals surface area contributed by atoms with Crippen LogP contribution in [0.5, 0.6) is 0 Å². The average molecular weight is 336 g/mol. The first-order chi connectivity index (χ1) is 12.1. The summed E-state index contributed by atoms with van der Waals surface area (Å²) < 4.78 is 4.67. The first-order valence-electron chi connectivity index (χ1n) is 8.34. The standard InChI is InChI=1S/C21H20O4/c1-25-21(24)16-8-6-14(7-9-16)12-19(20(22)23)18-11-10-15-4-2-3-5-17(15)13-18/h6-13H,2-5H2,1H3,(H,22,23)/b19-12-. The fourth-order valence-electron chi connectivity index (χ4n) is 3.17. The van der Waals surface area contributed by atoms with E-state index in [1.165, 1.54) is 24.7 Å². The van der Waals surface area contributed by atoms with E-state index in [-0.39, 0.29) is 5.57 Å². The maximum atomic E-state index is 11.8. The van der Waals surface area contributed by atoms with Gasteiger partial charge in [-0.15, -0.1) is 0 Å². The van der Waals surface area contributed by atoms with E-state index < -0.39 is 11.9 Å². The van der Waals surface area contributed by atoms with Crippen molar-refractivity contribution in [2.24, 2.45) is 0 Å². The molecule has 0 aliphatic heterocycles. The molecule has 0 radical (unpaired) electrons. The summed E-state index contributed by atoms with van der Waals surface area (Å²) in [6, 6.07) is 12.6. The van der Waals surface area contributed by atoms with Gasteiger partial charge in [0, 0.05) is 0 Å². The Balaban J connectivity index is 1.94. The van der Waals surface area contributed by atoms with Crippen molar-refractivity contribution in [3.05, 3.63) is 70.3 Å². The molecule has 1 N–H and O–H groups in total. The van der Waals surface area contributed by atoms with E-state index in [0.29, 0.717) is 11.1 Å². The van der Waals surface area contributed by atoms with Gasteiger partial charge in [0.15, 0.2) is 0 Å². The topological polar surface area (TPSA) is 63.6 Å². The van der Waals surface area contributed by atoms with Crippen LogP contribution in [0.1, 0.15) is 45.5 Å². The number of ether oxygens (including phenoxy) is 1. The van der Waals surface area contributed by atoms with Crippen LogP contribution in [0.4, 0.5) is 0 Å². The maximum absolute atomic E-state index is 11.8. The number of rotatable bonds is 4. The molecule has 0 saturated heterocycles. The lowest BCUT2D eigenvalue weighted by Gasteiger charge is -2.16. The summed E-state index contributed by atoms with van der Waals surface area (Å²) in [5, 5.41) is 9.63. The van der Waals surface area contributed by atoms with Crippen LogP contribution in [0, 0.1) is 0 Å². The number of carbonyl (C=O) groups is 2. The Bertz CT molecular complexity index is 831. The number of carboxylic acids is 1. The van der Waals surface area contributed by atoms with E-state index in [2.05, 4.69) is 4.74 Å². The summed E-state index contributed by atoms with van der Waals surface area (Å²) in [5.41, 5.74) is 4.69. The Morgan fingerprint density at radius 2 is 1.60 bits per heavy atom. The van der Waals surface area contributed by atoms with E-state index in [1.807, 2.05) is 18.2 Å². The summed E-state index contributed by atoms with van der Waals surface area (Å²) in [6.45, 7) is 0. The predicted molar refractivity (Wildman–Crippen MR) is 96.4 cm³/mol. The van der Waals surface area contributed by atoms with Crippen LogP contribution in [-0.4, -0.2) is 24.2 Å². The second-order valence-corrected chi connectivity index (χ2v) is 6.17. The number of carbonyl (C=O) groups excluding carboxylic acids is 1. The highest BCUT2D eigenvalue weighted by atomic mass is 16.5. The van der Waals surface area contributed by atoms with Crippen molar-refractivity contribution >= 4 is 23.6 Å². The van der Waals surface area contributed by atoms with Gasteiger partial charge in [0.1, 0.15) is 0 Å². The largest absolute Gasteiger partial charge is 0.478 e. The number of aliphatic carboxylic acids is 1. The number of fused-ring (bicyclic) bond motifs is 1. The van der Waals surface area contributed by atoms with Crippen LogP contribution in [0.15, 0.2) is 42.5 Å². The zero-order chi connectivity index (χ0) is 17.8. The van der Waals surface area contributed by atoms with Gasteiger partial charge in [0.25, 0.3) is 0 Å². The van der Waals surface area contributed by atoms with E-state index in [0.717, 1.165) is 24.8 Å². The summed E-state index contributed by atoms with van der Waals surface area (Å²) in [5.74, 6) is -1.38. The minimum Gasteiger partial charge on any atom is -0.478 e. The summed E-state index contributed by atoms with van der Waals surface area (Å²) in [4.78, 5) is 23.2. The summed E-state index contributed by atoms with van der Waals surface area (Å²) in [7, 11) is 1.33. The van der Waals surface area contributed by atoms with Crippen molar-refractivity contribution in [2.45, 2.75) is 25.7 Å². The third-order valence-corrected chi connectivity index (χ3v) is 4.53. The van der Waals surface area contributed by atoms with Gasteiger partial charge in [-0.1, -0.05) is 30.3 Å². The zero-order valence-corrected chi connectivity index (χ0v) is 14.1. The highest BCUT2D eigenvalue weighted by molar-refractivity contribution is 6.20. The molecule has 0 unspecified atom stereocenters. The SMILES string of the molecule is COC(=O)c1ccc(/C=C(\C(=O)O)c2ccc3c(c2)CCCC3)cc1. The lowest BCUT2D eigenvalue weighted by atomic mass is 9.89. The predicted octanol–water partition coefficient (Wildman–Crippen LogP) is 3.98. The molecule has 128 valence electrons. The molecule has 0 fully saturated rings. The van der Waals surface area contributed by atoms with Gasteiger partial charge in [-0.3, -0.25) is 0 Å². The first kappa shape index (κ1) is 17.0. The minimum atomic E-state index is -0.965. The lowest BCUT2D eigenvalue weighted by Crippen LogP contribution is -2.05. The van der Waals surface area contributed by atoms with Gasteiger partial charge in [-0.2, -0.15) is 0 Å². The lowest BCUT2D eigenvalue weighted by molar-refractivity contribution is -0.130. The molecule has 1 aliphatic rings. The van der Waals surface area contributed by atoms with Crippen molar-refractivity contribution in [2.75, 3.05) is 7.11 Å². The molecular weight excluding hydrogens is 316 g/mol. The van der Waals surface area contributed by atoms with Crippen LogP contribution in [0.2, 0.25) is 0 Å². The second-order valence-electron chi connectivity index (χ2n) is 6.17. The number of methoxy groups -OCH3 is 1. The van der Waals surface area contributed by atoms with Crippen molar-refractivity contribution in [3.63, 3.8) is 0 Å². The summed E-state index contributed by atoms with van der Waals surface area (Å²) >= 11 is 0. The van der Waals surface area contributed by atoms with Crippen LogP contribution in [0.3, 0.4) is 0 Å². The van der Waals surface area contributed by atoms with Crippen LogP contribution in [0.25, 0.3) is 11.6 Å². The Morgan fingerprint density at radius 3 is 2.24 bits per heavy atom. The quantitative estimate of drug-likeness (QED) is 0.521. The van der Waals surface area contributed by atoms with Crippen LogP contribution < -0.4 is 0 Å². The molecule has 0 saturated carbocycles. The van der Waals surface area contributed by atoms with Crippen molar-refractivity contribution < 1.29 is 19.4 Å². The molecule has 0 spiro atoms. The Morgan fingerprint density at radius 1 is 0.960 bits per heavy atom. The molecule has 0 bridgehead atoms. The van der Waals surface area contributed by atoms with Crippen molar-refractivity contribution in [3.8, 4) is 0 Å². The van der Waals surface area contributed by atoms with Crippen LogP contribution in [-0.2, 0) is 22.4 Å². The van der Waals surface area contributed by atoms with Gasteiger partial charge in [-0.25, -0.2) is 9.59 Å². The van der Waals surface area contributed by atoms with Crippen molar-refractivity contribution in [1.29, 1.82) is 0 Å². The van der Waals surface area contributed by atoms with Gasteiger partial charge in [0.2, 0.25) is 0 Å². The first-order valence-corrected chi connectivity index (χ1v) is 8.34. The second kappa shape index (κ2) is 7.34. The molecular formula is C21H20O4. The van der Waals surface area contributed by atoms with Gasteiger partial charge in [-0.05, 0) is 66.1 Å². The molecule has 3 rings (SSSR count). The average Bonchev–Trinajstić information content (AvgIpc) is 2.65. The fourth-order valence-corrected chi connectivity index (χ4v) is 3.17. The van der Waals surface area contributed by atoms with E-state index in [1.54, 1.807) is 30.3 Å². The fraction of sp³-hybridized carbons (Fsp3) is 0.238. The number of carboxylic acid groups (broad SMARTS) is 1. The molecule has 2 aromatic carbocycles. The molecule has 1 aliphatic carbocycles. The zero-order valence-electron chi connectivity index (χ0n) is 14.1. The minimum absolute atomic E-state index is 0.249. The molecule has 4 nitrogen and oxygen atoms in total. The number of hydrogen-bond donors (Lipinski definition) is 1. The van der Waals surface area contributed by atoms with Gasteiger partial charge < -0.3 is 9.84 Å². The highest BCUT2D eigenvalue weighted by Crippen LogP contribution is 2.26. The highest BCUT2D eigenvalue weighted by Gasteiger charge is 2.15. The Hall–Kier alpha value is -2.88. The Labute approximate surface area is 146 Å². The third-order valence-electron chi connectivity index (χ3n) is 4.53. The van der Waals surface area contributed by atoms with Gasteiger partial charge in [0.05, 0.1) is 18.2 Å². The van der Waals surface area contributed by atoms with E-state index in [4.69, 9.17) is 0 Å². The Kier molecular flexibility index (Phi) is 4.98. The number of benzene rings is 2. The van der Waals surface area contributed by atoms with E-state index >= 15 is 0 Å². The van der Waals surface area contributed by atoms with Crippen molar-refractivity contribution in [1.82, 2.24) is 0 Å². The van der Waals surface area contributed by atoms with E-state index in [9.17, 15) is 14.7 Å². The smallest absolute Gasteiger partial charge is 0.337 e. The molecule has 4 heteroatoms. The summed E-state index contributed by atoms with van der Waals surface area (Å²) in [6.07, 6.45) is 6.05. The normalized spacial score (nSPS) is 13.9.